The highest BCUT2D eigenvalue weighted by Crippen LogP contribution is 2.38. The number of carbonyl (C=O) groups is 1. The maximum absolute atomic E-state index is 12.2. The zero-order valence-corrected chi connectivity index (χ0v) is 14.5. The van der Waals surface area contributed by atoms with Crippen LogP contribution in [0.4, 0.5) is 0 Å². The van der Waals surface area contributed by atoms with Crippen LogP contribution in [0, 0.1) is 0 Å². The Hall–Kier alpha value is -2.14. The summed E-state index contributed by atoms with van der Waals surface area (Å²) in [5, 5.41) is 10.0. The van der Waals surface area contributed by atoms with Crippen molar-refractivity contribution in [1.82, 2.24) is 20.4 Å². The van der Waals surface area contributed by atoms with E-state index in [9.17, 15) is 4.79 Å². The quantitative estimate of drug-likeness (QED) is 0.784. The lowest BCUT2D eigenvalue weighted by atomic mass is 10.1. The van der Waals surface area contributed by atoms with E-state index in [0.717, 1.165) is 30.9 Å². The molecule has 0 radical (unpaired) electrons. The maximum atomic E-state index is 12.2. The van der Waals surface area contributed by atoms with Gasteiger partial charge in [0.05, 0.1) is 0 Å². The minimum Gasteiger partial charge on any atom is -0.347 e. The molecule has 0 bridgehead atoms. The number of aromatic nitrogens is 2. The number of carbonyl (C=O) groups excluding carboxylic acids is 1. The molecule has 3 rings (SSSR count). The Morgan fingerprint density at radius 1 is 1.21 bits per heavy atom. The van der Waals surface area contributed by atoms with Crippen molar-refractivity contribution in [3.05, 3.63) is 52.8 Å². The molecule has 24 heavy (non-hydrogen) atoms. The Labute approximate surface area is 143 Å². The highest BCUT2D eigenvalue weighted by atomic mass is 16.1. The van der Waals surface area contributed by atoms with Crippen molar-refractivity contribution in [3.8, 4) is 0 Å². The van der Waals surface area contributed by atoms with E-state index in [-0.39, 0.29) is 5.91 Å². The van der Waals surface area contributed by atoms with Crippen molar-refractivity contribution >= 4 is 5.91 Å². The molecule has 0 saturated heterocycles. The topological polar surface area (TPSA) is 61.0 Å². The Balaban J connectivity index is 1.51. The first-order valence-electron chi connectivity index (χ1n) is 8.83. The number of amides is 1. The molecule has 1 aliphatic carbocycles. The normalized spacial score (nSPS) is 14.1. The minimum absolute atomic E-state index is 0.120. The zero-order chi connectivity index (χ0) is 16.9. The molecule has 1 fully saturated rings. The fourth-order valence-corrected chi connectivity index (χ4v) is 2.80. The van der Waals surface area contributed by atoms with Crippen LogP contribution in [0.15, 0.2) is 30.3 Å². The number of aromatic amines is 1. The summed E-state index contributed by atoms with van der Waals surface area (Å²) in [7, 11) is 0. The smallest absolute Gasteiger partial charge is 0.272 e. The Morgan fingerprint density at radius 3 is 2.50 bits per heavy atom. The Morgan fingerprint density at radius 2 is 1.88 bits per heavy atom. The van der Waals surface area contributed by atoms with Gasteiger partial charge < -0.3 is 5.32 Å². The second-order valence-corrected chi connectivity index (χ2v) is 6.44. The summed E-state index contributed by atoms with van der Waals surface area (Å²) < 4.78 is 0. The summed E-state index contributed by atoms with van der Waals surface area (Å²) in [6.07, 6.45) is 2.40. The van der Waals surface area contributed by atoms with Crippen molar-refractivity contribution in [2.24, 2.45) is 0 Å². The monoisotopic (exact) mass is 326 g/mol. The molecule has 1 aromatic carbocycles. The highest BCUT2D eigenvalue weighted by Gasteiger charge is 2.26. The summed E-state index contributed by atoms with van der Waals surface area (Å²) in [6.45, 7) is 7.96. The van der Waals surface area contributed by atoms with Gasteiger partial charge in [0.2, 0.25) is 0 Å². The molecule has 1 amide bonds. The average Bonchev–Trinajstić information content (AvgIpc) is 3.35. The average molecular weight is 326 g/mol. The van der Waals surface area contributed by atoms with E-state index in [0.29, 0.717) is 18.2 Å². The van der Waals surface area contributed by atoms with Crippen LogP contribution in [0.5, 0.6) is 0 Å². The summed E-state index contributed by atoms with van der Waals surface area (Å²) in [5.41, 5.74) is 3.97. The van der Waals surface area contributed by atoms with Gasteiger partial charge in [-0.05, 0) is 43.1 Å². The molecular weight excluding hydrogens is 300 g/mol. The SMILES string of the molecule is CCN(CC)Cc1ccc(CNC(=O)c2cc(C3CC3)[nH]n2)cc1. The van der Waals surface area contributed by atoms with Crippen molar-refractivity contribution in [2.75, 3.05) is 13.1 Å². The van der Waals surface area contributed by atoms with Gasteiger partial charge in [-0.15, -0.1) is 0 Å². The van der Waals surface area contributed by atoms with Crippen LogP contribution in [0.3, 0.4) is 0 Å². The van der Waals surface area contributed by atoms with Crippen molar-refractivity contribution in [1.29, 1.82) is 0 Å². The minimum atomic E-state index is -0.120. The largest absolute Gasteiger partial charge is 0.347 e. The van der Waals surface area contributed by atoms with Crippen LogP contribution in [-0.4, -0.2) is 34.1 Å². The number of hydrogen-bond donors (Lipinski definition) is 2. The van der Waals surface area contributed by atoms with Gasteiger partial charge in [0, 0.05) is 24.7 Å². The number of H-pyrrole nitrogens is 1. The van der Waals surface area contributed by atoms with E-state index < -0.39 is 0 Å². The second-order valence-electron chi connectivity index (χ2n) is 6.44. The summed E-state index contributed by atoms with van der Waals surface area (Å²) in [6, 6.07) is 10.3. The molecule has 1 heterocycles. The first-order valence-corrected chi connectivity index (χ1v) is 8.83. The van der Waals surface area contributed by atoms with E-state index >= 15 is 0 Å². The Bertz CT molecular complexity index is 669. The molecule has 1 saturated carbocycles. The first-order chi connectivity index (χ1) is 11.7. The van der Waals surface area contributed by atoms with Crippen molar-refractivity contribution in [3.63, 3.8) is 0 Å². The van der Waals surface area contributed by atoms with Crippen LogP contribution < -0.4 is 5.32 Å². The lowest BCUT2D eigenvalue weighted by molar-refractivity contribution is 0.0946. The highest BCUT2D eigenvalue weighted by molar-refractivity contribution is 5.92. The van der Waals surface area contributed by atoms with Crippen LogP contribution in [0.1, 0.15) is 59.9 Å². The van der Waals surface area contributed by atoms with Gasteiger partial charge >= 0.3 is 0 Å². The lowest BCUT2D eigenvalue weighted by Crippen LogP contribution is -2.23. The standard InChI is InChI=1S/C19H26N4O/c1-3-23(4-2)13-15-7-5-14(6-8-15)12-20-19(24)18-11-17(21-22-18)16-9-10-16/h5-8,11,16H,3-4,9-10,12-13H2,1-2H3,(H,20,24)(H,21,22). The third kappa shape index (κ3) is 4.23. The molecule has 0 unspecified atom stereocenters. The number of nitrogens with one attached hydrogen (secondary N) is 2. The molecule has 1 aliphatic rings. The second kappa shape index (κ2) is 7.62. The van der Waals surface area contributed by atoms with Gasteiger partial charge in [-0.3, -0.25) is 14.8 Å². The van der Waals surface area contributed by atoms with Crippen LogP contribution >= 0.6 is 0 Å². The van der Waals surface area contributed by atoms with Gasteiger partial charge in [-0.25, -0.2) is 0 Å². The van der Waals surface area contributed by atoms with Crippen LogP contribution in [0.2, 0.25) is 0 Å². The van der Waals surface area contributed by atoms with Crippen LogP contribution in [0.25, 0.3) is 0 Å². The lowest BCUT2D eigenvalue weighted by Gasteiger charge is -2.18. The third-order valence-corrected chi connectivity index (χ3v) is 4.62. The van der Waals surface area contributed by atoms with E-state index in [1.807, 2.05) is 6.07 Å². The molecule has 2 N–H and O–H groups in total. The van der Waals surface area contributed by atoms with Crippen molar-refractivity contribution < 1.29 is 4.79 Å². The summed E-state index contributed by atoms with van der Waals surface area (Å²) in [4.78, 5) is 14.5. The molecule has 0 aliphatic heterocycles. The van der Waals surface area contributed by atoms with E-state index in [2.05, 4.69) is 58.5 Å². The van der Waals surface area contributed by atoms with Crippen molar-refractivity contribution in [2.45, 2.75) is 45.7 Å². The number of hydrogen-bond acceptors (Lipinski definition) is 3. The Kier molecular flexibility index (Phi) is 5.30. The van der Waals surface area contributed by atoms with E-state index in [4.69, 9.17) is 0 Å². The fraction of sp³-hybridized carbons (Fsp3) is 0.474. The predicted molar refractivity (Wildman–Crippen MR) is 94.8 cm³/mol. The summed E-state index contributed by atoms with van der Waals surface area (Å²) in [5.74, 6) is 0.461. The molecule has 5 nitrogen and oxygen atoms in total. The molecule has 0 spiro atoms. The van der Waals surface area contributed by atoms with E-state index in [1.54, 1.807) is 0 Å². The van der Waals surface area contributed by atoms with Gasteiger partial charge in [-0.1, -0.05) is 38.1 Å². The van der Waals surface area contributed by atoms with Gasteiger partial charge in [0.25, 0.3) is 5.91 Å². The van der Waals surface area contributed by atoms with Gasteiger partial charge in [0.15, 0.2) is 0 Å². The first kappa shape index (κ1) is 16.7. The maximum Gasteiger partial charge on any atom is 0.272 e. The molecular formula is C19H26N4O. The third-order valence-electron chi connectivity index (χ3n) is 4.62. The molecule has 0 atom stereocenters. The fourth-order valence-electron chi connectivity index (χ4n) is 2.80. The van der Waals surface area contributed by atoms with Gasteiger partial charge in [-0.2, -0.15) is 5.10 Å². The zero-order valence-electron chi connectivity index (χ0n) is 14.5. The predicted octanol–water partition coefficient (Wildman–Crippen LogP) is 3.06. The number of rotatable bonds is 8. The van der Waals surface area contributed by atoms with E-state index in [1.165, 1.54) is 18.4 Å². The number of nitrogens with zero attached hydrogens (tertiary/aromatic N) is 2. The van der Waals surface area contributed by atoms with Crippen LogP contribution in [-0.2, 0) is 13.1 Å². The molecule has 1 aromatic heterocycles. The summed E-state index contributed by atoms with van der Waals surface area (Å²) >= 11 is 0. The number of benzene rings is 1. The van der Waals surface area contributed by atoms with Gasteiger partial charge in [0.1, 0.15) is 5.69 Å². The molecule has 2 aromatic rings. The molecule has 5 heteroatoms. The molecule has 128 valence electrons.